The van der Waals surface area contributed by atoms with Crippen molar-refractivity contribution in [2.24, 2.45) is 0 Å². The van der Waals surface area contributed by atoms with Gasteiger partial charge < -0.3 is 10.6 Å². The Labute approximate surface area is 130 Å². The van der Waals surface area contributed by atoms with Crippen LogP contribution in [0.25, 0.3) is 0 Å². The molecule has 2 N–H and O–H groups in total. The van der Waals surface area contributed by atoms with Crippen LogP contribution < -0.4 is 10.6 Å². The molecule has 20 heavy (non-hydrogen) atoms. The summed E-state index contributed by atoms with van der Waals surface area (Å²) in [5.41, 5.74) is 0.837. The number of anilines is 2. The molecular formula is C13H8Br2F2N2O. The van der Waals surface area contributed by atoms with E-state index < -0.39 is 17.7 Å². The highest BCUT2D eigenvalue weighted by Crippen LogP contribution is 2.25. The largest absolute Gasteiger partial charge is 0.323 e. The predicted molar refractivity (Wildman–Crippen MR) is 80.8 cm³/mol. The molecule has 2 aromatic carbocycles. The van der Waals surface area contributed by atoms with Gasteiger partial charge in [-0.15, -0.1) is 0 Å². The minimum Gasteiger partial charge on any atom is -0.307 e. The van der Waals surface area contributed by atoms with Crippen molar-refractivity contribution in [2.45, 2.75) is 0 Å². The molecule has 3 nitrogen and oxygen atoms in total. The summed E-state index contributed by atoms with van der Waals surface area (Å²) in [6.45, 7) is 0. The molecule has 0 aliphatic carbocycles. The van der Waals surface area contributed by atoms with Crippen molar-refractivity contribution >= 4 is 49.3 Å². The number of benzene rings is 2. The van der Waals surface area contributed by atoms with E-state index in [9.17, 15) is 13.6 Å². The summed E-state index contributed by atoms with van der Waals surface area (Å²) in [6.07, 6.45) is 0. The van der Waals surface area contributed by atoms with Gasteiger partial charge in [-0.25, -0.2) is 13.6 Å². The average molecular weight is 406 g/mol. The second-order valence-electron chi connectivity index (χ2n) is 3.83. The molecule has 0 aromatic heterocycles. The van der Waals surface area contributed by atoms with Gasteiger partial charge in [-0.05, 0) is 68.3 Å². The second-order valence-corrected chi connectivity index (χ2v) is 5.54. The minimum absolute atomic E-state index is 0.413. The topological polar surface area (TPSA) is 41.1 Å². The number of hydrogen-bond donors (Lipinski definition) is 2. The quantitative estimate of drug-likeness (QED) is 0.714. The fraction of sp³-hybridized carbons (Fsp3) is 0. The summed E-state index contributed by atoms with van der Waals surface area (Å²) in [6, 6.07) is 7.27. The number of carbonyl (C=O) groups is 1. The highest BCUT2D eigenvalue weighted by molar-refractivity contribution is 9.11. The molecule has 0 spiro atoms. The lowest BCUT2D eigenvalue weighted by Crippen LogP contribution is -2.20. The molecule has 2 aromatic rings. The molecule has 7 heteroatoms. The molecular weight excluding hydrogens is 398 g/mol. The van der Waals surface area contributed by atoms with Gasteiger partial charge >= 0.3 is 6.03 Å². The van der Waals surface area contributed by atoms with Crippen LogP contribution in [0.1, 0.15) is 0 Å². The lowest BCUT2D eigenvalue weighted by atomic mass is 10.3. The van der Waals surface area contributed by atoms with E-state index in [2.05, 4.69) is 42.5 Å². The highest BCUT2D eigenvalue weighted by Gasteiger charge is 2.09. The SMILES string of the molecule is O=C(Nc1ccc(F)cc1Br)Nc1ccc(F)cc1Br. The summed E-state index contributed by atoms with van der Waals surface area (Å²) in [5.74, 6) is -0.826. The van der Waals surface area contributed by atoms with Gasteiger partial charge in [0.05, 0.1) is 11.4 Å². The summed E-state index contributed by atoms with van der Waals surface area (Å²) in [4.78, 5) is 11.8. The average Bonchev–Trinajstić information content (AvgIpc) is 2.36. The molecule has 0 heterocycles. The molecule has 2 amide bonds. The smallest absolute Gasteiger partial charge is 0.307 e. The van der Waals surface area contributed by atoms with Gasteiger partial charge in [0.25, 0.3) is 0 Å². The molecule has 0 atom stereocenters. The van der Waals surface area contributed by atoms with Crippen molar-refractivity contribution < 1.29 is 13.6 Å². The fourth-order valence-electron chi connectivity index (χ4n) is 1.46. The Morgan fingerprint density at radius 3 is 1.60 bits per heavy atom. The molecule has 0 bridgehead atoms. The Morgan fingerprint density at radius 2 is 1.25 bits per heavy atom. The number of rotatable bonds is 2. The van der Waals surface area contributed by atoms with Crippen LogP contribution in [0.15, 0.2) is 45.3 Å². The fourth-order valence-corrected chi connectivity index (χ4v) is 2.36. The summed E-state index contributed by atoms with van der Waals surface area (Å²) >= 11 is 6.29. The zero-order chi connectivity index (χ0) is 14.7. The van der Waals surface area contributed by atoms with Crippen LogP contribution in [0.2, 0.25) is 0 Å². The summed E-state index contributed by atoms with van der Waals surface area (Å²) < 4.78 is 26.7. The van der Waals surface area contributed by atoms with E-state index in [1.807, 2.05) is 0 Å². The first-order valence-electron chi connectivity index (χ1n) is 5.44. The van der Waals surface area contributed by atoms with Crippen molar-refractivity contribution in [2.75, 3.05) is 10.6 Å². The first-order chi connectivity index (χ1) is 9.45. The van der Waals surface area contributed by atoms with Crippen molar-refractivity contribution in [3.63, 3.8) is 0 Å². The van der Waals surface area contributed by atoms with E-state index >= 15 is 0 Å². The third kappa shape index (κ3) is 3.77. The van der Waals surface area contributed by atoms with E-state index in [1.165, 1.54) is 36.4 Å². The van der Waals surface area contributed by atoms with Gasteiger partial charge in [0.1, 0.15) is 11.6 Å². The van der Waals surface area contributed by atoms with Crippen molar-refractivity contribution in [1.82, 2.24) is 0 Å². The number of hydrogen-bond acceptors (Lipinski definition) is 1. The zero-order valence-electron chi connectivity index (χ0n) is 9.88. The predicted octanol–water partition coefficient (Wildman–Crippen LogP) is 5.13. The van der Waals surface area contributed by atoms with Gasteiger partial charge in [-0.2, -0.15) is 0 Å². The zero-order valence-corrected chi connectivity index (χ0v) is 13.1. The van der Waals surface area contributed by atoms with E-state index in [4.69, 9.17) is 0 Å². The molecule has 0 saturated heterocycles. The van der Waals surface area contributed by atoms with Crippen molar-refractivity contribution in [1.29, 1.82) is 0 Å². The van der Waals surface area contributed by atoms with Gasteiger partial charge in [0.15, 0.2) is 0 Å². The molecule has 2 rings (SSSR count). The van der Waals surface area contributed by atoms with E-state index in [0.29, 0.717) is 20.3 Å². The van der Waals surface area contributed by atoms with Crippen LogP contribution >= 0.6 is 31.9 Å². The third-order valence-electron chi connectivity index (χ3n) is 2.36. The molecule has 104 valence electrons. The Morgan fingerprint density at radius 1 is 0.850 bits per heavy atom. The van der Waals surface area contributed by atoms with Crippen LogP contribution in [0.4, 0.5) is 25.0 Å². The number of amides is 2. The highest BCUT2D eigenvalue weighted by atomic mass is 79.9. The Kier molecular flexibility index (Phi) is 4.72. The third-order valence-corrected chi connectivity index (χ3v) is 3.67. The molecule has 0 saturated carbocycles. The number of halogens is 4. The van der Waals surface area contributed by atoms with E-state index in [0.717, 1.165) is 0 Å². The lowest BCUT2D eigenvalue weighted by Gasteiger charge is -2.10. The first-order valence-corrected chi connectivity index (χ1v) is 7.02. The van der Waals surface area contributed by atoms with Crippen molar-refractivity contribution in [3.05, 3.63) is 57.0 Å². The van der Waals surface area contributed by atoms with Crippen LogP contribution in [-0.2, 0) is 0 Å². The normalized spacial score (nSPS) is 10.2. The Hall–Kier alpha value is -1.47. The number of carbonyl (C=O) groups excluding carboxylic acids is 1. The molecule has 0 fully saturated rings. The van der Waals surface area contributed by atoms with Gasteiger partial charge in [0, 0.05) is 8.95 Å². The van der Waals surface area contributed by atoms with Gasteiger partial charge in [-0.1, -0.05) is 0 Å². The molecule has 0 aliphatic heterocycles. The van der Waals surface area contributed by atoms with E-state index in [1.54, 1.807) is 0 Å². The Balaban J connectivity index is 2.09. The lowest BCUT2D eigenvalue weighted by molar-refractivity contribution is 0.262. The summed E-state index contributed by atoms with van der Waals surface area (Å²) in [7, 11) is 0. The monoisotopic (exact) mass is 404 g/mol. The van der Waals surface area contributed by atoms with Crippen LogP contribution in [0.5, 0.6) is 0 Å². The van der Waals surface area contributed by atoms with E-state index in [-0.39, 0.29) is 0 Å². The maximum atomic E-state index is 12.9. The number of urea groups is 1. The maximum Gasteiger partial charge on any atom is 0.323 e. The first kappa shape index (κ1) is 14.9. The van der Waals surface area contributed by atoms with Crippen LogP contribution in [0, 0.1) is 11.6 Å². The molecule has 0 aliphatic rings. The molecule has 0 radical (unpaired) electrons. The van der Waals surface area contributed by atoms with Crippen LogP contribution in [0.3, 0.4) is 0 Å². The Bertz CT molecular complexity index is 609. The van der Waals surface area contributed by atoms with Crippen molar-refractivity contribution in [3.8, 4) is 0 Å². The van der Waals surface area contributed by atoms with Gasteiger partial charge in [-0.3, -0.25) is 0 Å². The van der Waals surface area contributed by atoms with Gasteiger partial charge in [0.2, 0.25) is 0 Å². The molecule has 0 unspecified atom stereocenters. The minimum atomic E-state index is -0.524. The maximum absolute atomic E-state index is 12.9. The van der Waals surface area contributed by atoms with Crippen LogP contribution in [-0.4, -0.2) is 6.03 Å². The number of nitrogens with one attached hydrogen (secondary N) is 2. The second kappa shape index (κ2) is 6.32. The summed E-state index contributed by atoms with van der Waals surface area (Å²) in [5, 5.41) is 5.10. The standard InChI is InChI=1S/C13H8Br2F2N2O/c14-9-5-7(16)1-3-11(9)18-13(20)19-12-4-2-8(17)6-10(12)15/h1-6H,(H2,18,19,20).